The van der Waals surface area contributed by atoms with Crippen molar-refractivity contribution in [3.8, 4) is 0 Å². The van der Waals surface area contributed by atoms with Crippen LogP contribution in [0.1, 0.15) is 85.5 Å². The Hall–Kier alpha value is -1.16. The number of allylic oxidation sites excluding steroid dienone is 4. The van der Waals surface area contributed by atoms with Crippen molar-refractivity contribution in [2.45, 2.75) is 103 Å². The van der Waals surface area contributed by atoms with E-state index in [0.29, 0.717) is 36.5 Å². The fourth-order valence-electron chi connectivity index (χ4n) is 7.06. The van der Waals surface area contributed by atoms with Gasteiger partial charge in [-0.3, -0.25) is 0 Å². The van der Waals surface area contributed by atoms with Gasteiger partial charge in [-0.05, 0) is 92.6 Å². The van der Waals surface area contributed by atoms with Gasteiger partial charge in [-0.25, -0.2) is 0 Å². The molecule has 0 unspecified atom stereocenters. The minimum atomic E-state index is -0.637. The Morgan fingerprint density at radius 1 is 1.19 bits per heavy atom. The fourth-order valence-corrected chi connectivity index (χ4v) is 7.06. The van der Waals surface area contributed by atoms with E-state index in [0.717, 1.165) is 30.4 Å². The number of hydrogen-bond donors (Lipinski definition) is 3. The summed E-state index contributed by atoms with van der Waals surface area (Å²) in [7, 11) is 0. The van der Waals surface area contributed by atoms with E-state index in [1.807, 2.05) is 13.8 Å². The molecule has 3 rings (SSSR count). The average Bonchev–Trinajstić information content (AvgIpc) is 3.05. The van der Waals surface area contributed by atoms with Crippen molar-refractivity contribution in [2.75, 3.05) is 0 Å². The molecule has 7 atom stereocenters. The van der Waals surface area contributed by atoms with Gasteiger partial charge in [0.05, 0.1) is 17.8 Å². The monoisotopic (exact) mass is 442 g/mol. The van der Waals surface area contributed by atoms with Gasteiger partial charge >= 0.3 is 0 Å². The van der Waals surface area contributed by atoms with Crippen LogP contribution in [0.4, 0.5) is 0 Å². The van der Waals surface area contributed by atoms with Gasteiger partial charge in [-0.2, -0.15) is 0 Å². The van der Waals surface area contributed by atoms with Crippen LogP contribution in [0.2, 0.25) is 0 Å². The number of rotatable bonds is 7. The minimum Gasteiger partial charge on any atom is -0.393 e. The quantitative estimate of drug-likeness (QED) is 0.416. The highest BCUT2D eigenvalue weighted by Crippen LogP contribution is 2.61. The second kappa shape index (κ2) is 9.99. The first kappa shape index (κ1) is 25.5. The summed E-state index contributed by atoms with van der Waals surface area (Å²) in [6.45, 7) is 17.0. The van der Waals surface area contributed by atoms with E-state index in [1.165, 1.54) is 31.3 Å². The summed E-state index contributed by atoms with van der Waals surface area (Å²) < 4.78 is 0. The maximum absolute atomic E-state index is 10.2. The number of fused-ring (bicyclic) bond motifs is 1. The standard InChI is InChI=1S/C29H46O3/c1-7-21-15-23(11-10-22-16-24(30)17-27(31)20(22)3)26-13-12-25(29(26,6)18-21)19(2)9-8-14-28(4,5)32/h7,10-11,19,21,24-27,30-32H,1,3,8-9,12-18H2,2,4-6H3/b22-10-,23-11+/t19-,21+,24-,25-,26+,27+,29-/m1/s1. The SMILES string of the molecule is C=C[C@H]1C/C(=C\C=C2\C[C@@H](O)C[C@H](O)C2=C)[C@@H]2CC[C@H]([C@H](C)CCCC(C)(C)O)[C@@]2(C)C1. The predicted octanol–water partition coefficient (Wildman–Crippen LogP) is 6.12. The van der Waals surface area contributed by atoms with Crippen LogP contribution in [-0.2, 0) is 0 Å². The first-order valence-corrected chi connectivity index (χ1v) is 12.7. The van der Waals surface area contributed by atoms with Gasteiger partial charge in [0.15, 0.2) is 0 Å². The number of hydrogen-bond acceptors (Lipinski definition) is 3. The van der Waals surface area contributed by atoms with Gasteiger partial charge in [-0.15, -0.1) is 6.58 Å². The summed E-state index contributed by atoms with van der Waals surface area (Å²) in [5.41, 5.74) is 2.95. The summed E-state index contributed by atoms with van der Waals surface area (Å²) in [6.07, 6.45) is 14.3. The molecular weight excluding hydrogens is 396 g/mol. The van der Waals surface area contributed by atoms with Crippen LogP contribution in [0.3, 0.4) is 0 Å². The van der Waals surface area contributed by atoms with Gasteiger partial charge in [0, 0.05) is 6.42 Å². The summed E-state index contributed by atoms with van der Waals surface area (Å²) in [4.78, 5) is 0. The minimum absolute atomic E-state index is 0.276. The van der Waals surface area contributed by atoms with Crippen molar-refractivity contribution < 1.29 is 15.3 Å². The molecule has 180 valence electrons. The van der Waals surface area contributed by atoms with Crippen LogP contribution in [0, 0.1) is 29.1 Å². The van der Waals surface area contributed by atoms with E-state index in [-0.39, 0.29) is 5.41 Å². The number of aliphatic hydroxyl groups excluding tert-OH is 2. The zero-order valence-electron chi connectivity index (χ0n) is 20.8. The summed E-state index contributed by atoms with van der Waals surface area (Å²) in [6, 6.07) is 0. The van der Waals surface area contributed by atoms with Gasteiger partial charge in [0.1, 0.15) is 0 Å². The second-order valence-electron chi connectivity index (χ2n) is 11.9. The normalized spacial score (nSPS) is 39.3. The van der Waals surface area contributed by atoms with Crippen molar-refractivity contribution in [1.82, 2.24) is 0 Å². The Balaban J connectivity index is 1.79. The van der Waals surface area contributed by atoms with Crippen LogP contribution in [0.5, 0.6) is 0 Å². The lowest BCUT2D eigenvalue weighted by molar-refractivity contribution is 0.0562. The van der Waals surface area contributed by atoms with E-state index in [9.17, 15) is 15.3 Å². The van der Waals surface area contributed by atoms with E-state index in [1.54, 1.807) is 0 Å². The van der Waals surface area contributed by atoms with Crippen molar-refractivity contribution in [3.63, 3.8) is 0 Å². The maximum Gasteiger partial charge on any atom is 0.0811 e. The molecule has 3 aliphatic rings. The lowest BCUT2D eigenvalue weighted by Crippen LogP contribution is -2.38. The third-order valence-electron chi connectivity index (χ3n) is 8.79. The highest BCUT2D eigenvalue weighted by Gasteiger charge is 2.52. The second-order valence-corrected chi connectivity index (χ2v) is 11.9. The zero-order valence-corrected chi connectivity index (χ0v) is 20.8. The third kappa shape index (κ3) is 5.66. The Morgan fingerprint density at radius 3 is 2.56 bits per heavy atom. The molecule has 0 spiro atoms. The molecule has 0 aromatic rings. The van der Waals surface area contributed by atoms with Gasteiger partial charge in [0.25, 0.3) is 0 Å². The molecule has 3 nitrogen and oxygen atoms in total. The molecule has 0 aromatic carbocycles. The first-order valence-electron chi connectivity index (χ1n) is 12.7. The van der Waals surface area contributed by atoms with Crippen LogP contribution in [0.25, 0.3) is 0 Å². The number of aliphatic hydroxyl groups is 3. The molecule has 3 heteroatoms. The molecule has 3 N–H and O–H groups in total. The lowest BCUT2D eigenvalue weighted by atomic mass is 9.58. The van der Waals surface area contributed by atoms with Crippen LogP contribution in [0.15, 0.2) is 48.1 Å². The fraction of sp³-hybridized carbons (Fsp3) is 0.724. The van der Waals surface area contributed by atoms with E-state index in [4.69, 9.17) is 0 Å². The molecule has 32 heavy (non-hydrogen) atoms. The third-order valence-corrected chi connectivity index (χ3v) is 8.79. The summed E-state index contributed by atoms with van der Waals surface area (Å²) in [5.74, 6) is 2.43. The smallest absolute Gasteiger partial charge is 0.0811 e. The van der Waals surface area contributed by atoms with Crippen LogP contribution in [-0.4, -0.2) is 33.1 Å². The average molecular weight is 443 g/mol. The van der Waals surface area contributed by atoms with E-state index in [2.05, 4.69) is 45.2 Å². The van der Waals surface area contributed by atoms with Crippen molar-refractivity contribution in [1.29, 1.82) is 0 Å². The first-order chi connectivity index (χ1) is 14.9. The van der Waals surface area contributed by atoms with Crippen molar-refractivity contribution >= 4 is 0 Å². The van der Waals surface area contributed by atoms with E-state index >= 15 is 0 Å². The van der Waals surface area contributed by atoms with Crippen molar-refractivity contribution in [3.05, 3.63) is 48.1 Å². The molecule has 0 radical (unpaired) electrons. The topological polar surface area (TPSA) is 60.7 Å². The largest absolute Gasteiger partial charge is 0.393 e. The van der Waals surface area contributed by atoms with Gasteiger partial charge in [-0.1, -0.05) is 57.1 Å². The van der Waals surface area contributed by atoms with Crippen LogP contribution < -0.4 is 0 Å². The maximum atomic E-state index is 10.2. The lowest BCUT2D eigenvalue weighted by Gasteiger charge is -2.47. The van der Waals surface area contributed by atoms with Gasteiger partial charge in [0.2, 0.25) is 0 Å². The van der Waals surface area contributed by atoms with E-state index < -0.39 is 17.8 Å². The van der Waals surface area contributed by atoms with Crippen LogP contribution >= 0.6 is 0 Å². The highest BCUT2D eigenvalue weighted by atomic mass is 16.3. The molecule has 3 fully saturated rings. The molecule has 0 aromatic heterocycles. The molecule has 3 saturated carbocycles. The Kier molecular flexibility index (Phi) is 7.95. The highest BCUT2D eigenvalue weighted by molar-refractivity contribution is 5.39. The Bertz CT molecular complexity index is 755. The molecule has 0 saturated heterocycles. The molecule has 0 aliphatic heterocycles. The molecule has 0 heterocycles. The summed E-state index contributed by atoms with van der Waals surface area (Å²) in [5, 5.41) is 30.4. The molecule has 0 amide bonds. The van der Waals surface area contributed by atoms with Crippen molar-refractivity contribution in [2.24, 2.45) is 29.1 Å². The zero-order chi connectivity index (χ0) is 23.7. The molecular formula is C29H46O3. The van der Waals surface area contributed by atoms with Gasteiger partial charge < -0.3 is 15.3 Å². The Morgan fingerprint density at radius 2 is 1.91 bits per heavy atom. The molecule has 3 aliphatic carbocycles. The summed E-state index contributed by atoms with van der Waals surface area (Å²) >= 11 is 0. The predicted molar refractivity (Wildman–Crippen MR) is 133 cm³/mol. The Labute approximate surface area is 196 Å². The molecule has 0 bridgehead atoms.